The molecule has 0 saturated carbocycles. The van der Waals surface area contributed by atoms with Crippen LogP contribution in [0.1, 0.15) is 12.8 Å². The summed E-state index contributed by atoms with van der Waals surface area (Å²) in [4.78, 5) is 13.0. The molecule has 0 aromatic heterocycles. The summed E-state index contributed by atoms with van der Waals surface area (Å²) in [5.74, 6) is -0.877. The normalized spacial score (nSPS) is 22.2. The number of rotatable bonds is 7. The third kappa shape index (κ3) is 4.92. The second kappa shape index (κ2) is 7.60. The number of ether oxygens (including phenoxy) is 2. The summed E-state index contributed by atoms with van der Waals surface area (Å²) >= 11 is 0. The van der Waals surface area contributed by atoms with Crippen LogP contribution in [0.4, 0.5) is 0 Å². The number of carboxylic acids is 1. The zero-order valence-corrected chi connectivity index (χ0v) is 9.85. The number of carboxylic acid groups (broad SMARTS) is 1. The molecule has 1 N–H and O–H groups in total. The van der Waals surface area contributed by atoms with Crippen LogP contribution < -0.4 is 0 Å². The van der Waals surface area contributed by atoms with E-state index in [0.717, 1.165) is 25.9 Å². The summed E-state index contributed by atoms with van der Waals surface area (Å²) in [5.41, 5.74) is 0. The molecule has 5 nitrogen and oxygen atoms in total. The topological polar surface area (TPSA) is 59.0 Å². The first-order valence-corrected chi connectivity index (χ1v) is 5.76. The van der Waals surface area contributed by atoms with Gasteiger partial charge in [0.15, 0.2) is 0 Å². The molecule has 0 bridgehead atoms. The number of hydrogen-bond acceptors (Lipinski definition) is 4. The highest BCUT2D eigenvalue weighted by Gasteiger charge is 2.24. The first-order chi connectivity index (χ1) is 7.74. The van der Waals surface area contributed by atoms with E-state index in [-0.39, 0.29) is 5.92 Å². The van der Waals surface area contributed by atoms with Crippen molar-refractivity contribution in [2.24, 2.45) is 5.92 Å². The van der Waals surface area contributed by atoms with Crippen LogP contribution in [0.25, 0.3) is 0 Å². The van der Waals surface area contributed by atoms with Crippen molar-refractivity contribution in [3.05, 3.63) is 0 Å². The van der Waals surface area contributed by atoms with Crippen LogP contribution in [0.15, 0.2) is 0 Å². The van der Waals surface area contributed by atoms with Crippen molar-refractivity contribution in [2.75, 3.05) is 46.6 Å². The number of likely N-dealkylation sites (tertiary alicyclic amines) is 1. The Balaban J connectivity index is 2.10. The fourth-order valence-corrected chi connectivity index (χ4v) is 1.90. The van der Waals surface area contributed by atoms with Gasteiger partial charge in [-0.3, -0.25) is 4.79 Å². The molecule has 1 aliphatic heterocycles. The van der Waals surface area contributed by atoms with Crippen molar-refractivity contribution in [2.45, 2.75) is 12.8 Å². The molecule has 0 spiro atoms. The Kier molecular flexibility index (Phi) is 6.37. The van der Waals surface area contributed by atoms with Crippen LogP contribution in [0.3, 0.4) is 0 Å². The van der Waals surface area contributed by atoms with Crippen molar-refractivity contribution in [3.8, 4) is 0 Å². The van der Waals surface area contributed by atoms with Crippen molar-refractivity contribution < 1.29 is 19.4 Å². The number of piperidine rings is 1. The first kappa shape index (κ1) is 13.4. The van der Waals surface area contributed by atoms with E-state index in [1.165, 1.54) is 0 Å². The third-order valence-electron chi connectivity index (χ3n) is 2.84. The van der Waals surface area contributed by atoms with E-state index in [2.05, 4.69) is 4.90 Å². The molecular weight excluding hydrogens is 210 g/mol. The minimum Gasteiger partial charge on any atom is -0.481 e. The van der Waals surface area contributed by atoms with Gasteiger partial charge in [0.05, 0.1) is 25.7 Å². The largest absolute Gasteiger partial charge is 0.481 e. The molecule has 0 amide bonds. The van der Waals surface area contributed by atoms with E-state index in [0.29, 0.717) is 26.4 Å². The fourth-order valence-electron chi connectivity index (χ4n) is 1.90. The minimum atomic E-state index is -0.676. The molecule has 0 aliphatic carbocycles. The maximum Gasteiger partial charge on any atom is 0.307 e. The van der Waals surface area contributed by atoms with Crippen molar-refractivity contribution in [1.82, 2.24) is 4.90 Å². The highest BCUT2D eigenvalue weighted by atomic mass is 16.5. The van der Waals surface area contributed by atoms with Gasteiger partial charge in [-0.2, -0.15) is 0 Å². The van der Waals surface area contributed by atoms with Gasteiger partial charge in [0, 0.05) is 20.2 Å². The number of carbonyl (C=O) groups is 1. The van der Waals surface area contributed by atoms with Crippen LogP contribution in [0.5, 0.6) is 0 Å². The van der Waals surface area contributed by atoms with Gasteiger partial charge >= 0.3 is 5.97 Å². The molecule has 1 saturated heterocycles. The fraction of sp³-hybridized carbons (Fsp3) is 0.909. The maximum absolute atomic E-state index is 10.8. The van der Waals surface area contributed by atoms with Crippen LogP contribution in [-0.2, 0) is 14.3 Å². The van der Waals surface area contributed by atoms with Gasteiger partial charge in [0.25, 0.3) is 0 Å². The smallest absolute Gasteiger partial charge is 0.307 e. The molecule has 5 heteroatoms. The lowest BCUT2D eigenvalue weighted by Gasteiger charge is -2.30. The first-order valence-electron chi connectivity index (χ1n) is 5.76. The van der Waals surface area contributed by atoms with Crippen molar-refractivity contribution in [3.63, 3.8) is 0 Å². The Hall–Kier alpha value is -0.650. The second-order valence-corrected chi connectivity index (χ2v) is 4.08. The van der Waals surface area contributed by atoms with E-state index >= 15 is 0 Å². The van der Waals surface area contributed by atoms with E-state index in [1.807, 2.05) is 0 Å². The second-order valence-electron chi connectivity index (χ2n) is 4.08. The molecule has 16 heavy (non-hydrogen) atoms. The summed E-state index contributed by atoms with van der Waals surface area (Å²) in [6.45, 7) is 4.31. The van der Waals surface area contributed by atoms with Crippen LogP contribution in [0.2, 0.25) is 0 Å². The Morgan fingerprint density at radius 1 is 1.44 bits per heavy atom. The SMILES string of the molecule is COCCOCCN1CCCC(C(=O)O)C1. The van der Waals surface area contributed by atoms with Gasteiger partial charge in [0.1, 0.15) is 0 Å². The molecule has 0 radical (unpaired) electrons. The quantitative estimate of drug-likeness (QED) is 0.644. The predicted octanol–water partition coefficient (Wildman–Crippen LogP) is 0.446. The van der Waals surface area contributed by atoms with Crippen molar-refractivity contribution >= 4 is 5.97 Å². The molecular formula is C11H21NO4. The van der Waals surface area contributed by atoms with Gasteiger partial charge in [0.2, 0.25) is 0 Å². The van der Waals surface area contributed by atoms with Gasteiger partial charge < -0.3 is 19.5 Å². The monoisotopic (exact) mass is 231 g/mol. The number of hydrogen-bond donors (Lipinski definition) is 1. The molecule has 1 rings (SSSR count). The highest BCUT2D eigenvalue weighted by Crippen LogP contribution is 2.15. The van der Waals surface area contributed by atoms with Crippen LogP contribution >= 0.6 is 0 Å². The zero-order chi connectivity index (χ0) is 11.8. The van der Waals surface area contributed by atoms with E-state index in [4.69, 9.17) is 14.6 Å². The van der Waals surface area contributed by atoms with Gasteiger partial charge in [-0.15, -0.1) is 0 Å². The zero-order valence-electron chi connectivity index (χ0n) is 9.85. The number of aliphatic carboxylic acids is 1. The summed E-state index contributed by atoms with van der Waals surface area (Å²) in [6, 6.07) is 0. The number of methoxy groups -OCH3 is 1. The summed E-state index contributed by atoms with van der Waals surface area (Å²) < 4.78 is 10.2. The van der Waals surface area contributed by atoms with Crippen molar-refractivity contribution in [1.29, 1.82) is 0 Å². The Labute approximate surface area is 96.3 Å². The van der Waals surface area contributed by atoms with Gasteiger partial charge in [-0.1, -0.05) is 0 Å². The number of nitrogens with zero attached hydrogens (tertiary/aromatic N) is 1. The molecule has 1 atom stereocenters. The van der Waals surface area contributed by atoms with Gasteiger partial charge in [-0.05, 0) is 19.4 Å². The average molecular weight is 231 g/mol. The molecule has 94 valence electrons. The summed E-state index contributed by atoms with van der Waals surface area (Å²) in [7, 11) is 1.64. The Bertz CT molecular complexity index is 210. The molecule has 0 aromatic carbocycles. The Morgan fingerprint density at radius 3 is 2.94 bits per heavy atom. The molecule has 1 aliphatic rings. The molecule has 1 heterocycles. The lowest BCUT2D eigenvalue weighted by atomic mass is 9.98. The van der Waals surface area contributed by atoms with Crippen LogP contribution in [0, 0.1) is 5.92 Å². The van der Waals surface area contributed by atoms with Gasteiger partial charge in [-0.25, -0.2) is 0 Å². The van der Waals surface area contributed by atoms with E-state index < -0.39 is 5.97 Å². The third-order valence-corrected chi connectivity index (χ3v) is 2.84. The molecule has 0 aromatic rings. The van der Waals surface area contributed by atoms with E-state index in [9.17, 15) is 4.79 Å². The maximum atomic E-state index is 10.8. The predicted molar refractivity (Wildman–Crippen MR) is 59.5 cm³/mol. The molecule has 1 unspecified atom stereocenters. The molecule has 1 fully saturated rings. The average Bonchev–Trinajstić information content (AvgIpc) is 2.29. The standard InChI is InChI=1S/C11H21NO4/c1-15-7-8-16-6-5-12-4-2-3-10(9-12)11(13)14/h10H,2-9H2,1H3,(H,13,14). The highest BCUT2D eigenvalue weighted by molar-refractivity contribution is 5.70. The lowest BCUT2D eigenvalue weighted by molar-refractivity contribution is -0.143. The summed E-state index contributed by atoms with van der Waals surface area (Å²) in [5, 5.41) is 8.92. The minimum absolute atomic E-state index is 0.201. The lowest BCUT2D eigenvalue weighted by Crippen LogP contribution is -2.40. The Morgan fingerprint density at radius 2 is 2.25 bits per heavy atom. The summed E-state index contributed by atoms with van der Waals surface area (Å²) in [6.07, 6.45) is 1.77. The van der Waals surface area contributed by atoms with Crippen LogP contribution in [-0.4, -0.2) is 62.5 Å². The van der Waals surface area contributed by atoms with E-state index in [1.54, 1.807) is 7.11 Å².